The van der Waals surface area contributed by atoms with Gasteiger partial charge in [-0.15, -0.1) is 0 Å². The van der Waals surface area contributed by atoms with Crippen LogP contribution >= 0.6 is 0 Å². The summed E-state index contributed by atoms with van der Waals surface area (Å²) in [7, 11) is 1.73. The Labute approximate surface area is 123 Å². The van der Waals surface area contributed by atoms with E-state index in [1.807, 2.05) is 0 Å². The summed E-state index contributed by atoms with van der Waals surface area (Å²) in [5, 5.41) is 27.6. The maximum atomic E-state index is 11.7. The number of pyridine rings is 1. The molecule has 3 N–H and O–H groups in total. The molecule has 1 aromatic heterocycles. The number of aryl methyl sites for hydroxylation is 1. The Hall–Kier alpha value is -1.86. The van der Waals surface area contributed by atoms with Crippen molar-refractivity contribution in [2.24, 2.45) is 0 Å². The molecule has 0 saturated carbocycles. The number of rotatable bonds is 8. The van der Waals surface area contributed by atoms with E-state index < -0.39 is 11.4 Å². The zero-order valence-electron chi connectivity index (χ0n) is 12.4. The summed E-state index contributed by atoms with van der Waals surface area (Å²) in [4.78, 5) is 24.0. The number of aliphatic carboxylic acids is 1. The number of nitrogens with zero attached hydrogens (tertiary/aromatic N) is 2. The number of aromatic nitrogens is 1. The van der Waals surface area contributed by atoms with Crippen molar-refractivity contribution < 1.29 is 20.1 Å². The number of carbonyl (C=O) groups is 1. The molecule has 0 aromatic carbocycles. The van der Waals surface area contributed by atoms with Gasteiger partial charge in [-0.2, -0.15) is 0 Å². The fourth-order valence-corrected chi connectivity index (χ4v) is 2.14. The lowest BCUT2D eigenvalue weighted by Crippen LogP contribution is -2.26. The largest absolute Gasteiger partial charge is 0.503 e. The van der Waals surface area contributed by atoms with Crippen LogP contribution in [-0.2, 0) is 17.9 Å². The lowest BCUT2D eigenvalue weighted by molar-refractivity contribution is -0.137. The zero-order chi connectivity index (χ0) is 16.0. The fraction of sp³-hybridized carbons (Fsp3) is 0.571. The van der Waals surface area contributed by atoms with Crippen molar-refractivity contribution >= 4 is 5.97 Å². The van der Waals surface area contributed by atoms with E-state index in [9.17, 15) is 14.7 Å². The van der Waals surface area contributed by atoms with Crippen LogP contribution in [0.5, 0.6) is 5.75 Å². The second-order valence-corrected chi connectivity index (χ2v) is 5.06. The van der Waals surface area contributed by atoms with Gasteiger partial charge < -0.3 is 19.9 Å². The second-order valence-electron chi connectivity index (χ2n) is 5.06. The first-order chi connectivity index (χ1) is 9.86. The SMILES string of the molecule is Cc1cc(=O)c(O)c(CN(C)CCC(=O)O)n1CCCO. The highest BCUT2D eigenvalue weighted by Gasteiger charge is 2.15. The molecular formula is C14H22N2O5. The predicted molar refractivity (Wildman–Crippen MR) is 77.4 cm³/mol. The third kappa shape index (κ3) is 4.87. The van der Waals surface area contributed by atoms with Crippen molar-refractivity contribution in [3.8, 4) is 5.75 Å². The molecule has 0 radical (unpaired) electrons. The molecule has 1 aromatic rings. The van der Waals surface area contributed by atoms with E-state index in [1.165, 1.54) is 6.07 Å². The first kappa shape index (κ1) is 17.2. The Balaban J connectivity index is 3.02. The van der Waals surface area contributed by atoms with Crippen LogP contribution in [0.3, 0.4) is 0 Å². The van der Waals surface area contributed by atoms with Gasteiger partial charge in [-0.3, -0.25) is 14.5 Å². The molecule has 1 heterocycles. The van der Waals surface area contributed by atoms with E-state index in [1.54, 1.807) is 23.4 Å². The van der Waals surface area contributed by atoms with Gasteiger partial charge in [0.15, 0.2) is 5.75 Å². The molecular weight excluding hydrogens is 276 g/mol. The minimum atomic E-state index is -0.895. The summed E-state index contributed by atoms with van der Waals surface area (Å²) in [6, 6.07) is 1.35. The number of aromatic hydroxyl groups is 1. The molecule has 1 rings (SSSR count). The van der Waals surface area contributed by atoms with E-state index in [-0.39, 0.29) is 25.3 Å². The second kappa shape index (κ2) is 7.80. The van der Waals surface area contributed by atoms with Gasteiger partial charge in [0.1, 0.15) is 0 Å². The molecule has 0 spiro atoms. The topological polar surface area (TPSA) is 103 Å². The van der Waals surface area contributed by atoms with Gasteiger partial charge in [-0.05, 0) is 20.4 Å². The van der Waals surface area contributed by atoms with Gasteiger partial charge in [-0.1, -0.05) is 0 Å². The predicted octanol–water partition coefficient (Wildman–Crippen LogP) is 0.151. The normalized spacial score (nSPS) is 11.0. The Morgan fingerprint density at radius 2 is 2.10 bits per heavy atom. The van der Waals surface area contributed by atoms with Crippen LogP contribution in [0.2, 0.25) is 0 Å². The summed E-state index contributed by atoms with van der Waals surface area (Å²) >= 11 is 0. The van der Waals surface area contributed by atoms with Crippen LogP contribution in [0.25, 0.3) is 0 Å². The summed E-state index contributed by atoms with van der Waals surface area (Å²) in [5.74, 6) is -1.21. The molecule has 0 aliphatic rings. The molecule has 7 nitrogen and oxygen atoms in total. The maximum absolute atomic E-state index is 11.7. The molecule has 21 heavy (non-hydrogen) atoms. The molecule has 0 saturated heterocycles. The summed E-state index contributed by atoms with van der Waals surface area (Å²) in [6.45, 7) is 2.84. The quantitative estimate of drug-likeness (QED) is 0.631. The molecule has 0 unspecified atom stereocenters. The average Bonchev–Trinajstić information content (AvgIpc) is 2.41. The highest BCUT2D eigenvalue weighted by molar-refractivity contribution is 5.66. The van der Waals surface area contributed by atoms with E-state index >= 15 is 0 Å². The monoisotopic (exact) mass is 298 g/mol. The molecule has 0 aliphatic heterocycles. The van der Waals surface area contributed by atoms with Gasteiger partial charge in [0.2, 0.25) is 5.43 Å². The Morgan fingerprint density at radius 1 is 1.43 bits per heavy atom. The van der Waals surface area contributed by atoms with Crippen LogP contribution in [0.1, 0.15) is 24.2 Å². The standard InChI is InChI=1S/C14H22N2O5/c1-10-8-12(18)14(21)11(16(10)5-3-7-17)9-15(2)6-4-13(19)20/h8,17,21H,3-7,9H2,1-2H3,(H,19,20). The van der Waals surface area contributed by atoms with Crippen molar-refractivity contribution in [1.29, 1.82) is 0 Å². The molecule has 0 amide bonds. The first-order valence-electron chi connectivity index (χ1n) is 6.80. The highest BCUT2D eigenvalue weighted by Crippen LogP contribution is 2.17. The smallest absolute Gasteiger partial charge is 0.304 e. The molecule has 0 aliphatic carbocycles. The first-order valence-corrected chi connectivity index (χ1v) is 6.80. The average molecular weight is 298 g/mol. The summed E-state index contributed by atoms with van der Waals surface area (Å²) in [6.07, 6.45) is 0.499. The third-order valence-electron chi connectivity index (χ3n) is 3.27. The Kier molecular flexibility index (Phi) is 6.39. The zero-order valence-corrected chi connectivity index (χ0v) is 12.4. The number of aliphatic hydroxyl groups excluding tert-OH is 1. The lowest BCUT2D eigenvalue weighted by atomic mass is 10.2. The number of aliphatic hydroxyl groups is 1. The Bertz CT molecular complexity index is 553. The van der Waals surface area contributed by atoms with Gasteiger partial charge >= 0.3 is 5.97 Å². The van der Waals surface area contributed by atoms with Crippen LogP contribution in [-0.4, -0.2) is 51.0 Å². The van der Waals surface area contributed by atoms with E-state index in [0.717, 1.165) is 0 Å². The lowest BCUT2D eigenvalue weighted by Gasteiger charge is -2.22. The van der Waals surface area contributed by atoms with Gasteiger partial charge in [0, 0.05) is 38.0 Å². The molecule has 0 atom stereocenters. The van der Waals surface area contributed by atoms with Crippen molar-refractivity contribution in [2.75, 3.05) is 20.2 Å². The molecule has 7 heteroatoms. The van der Waals surface area contributed by atoms with Crippen LogP contribution < -0.4 is 5.43 Å². The number of carboxylic acid groups (broad SMARTS) is 1. The van der Waals surface area contributed by atoms with Crippen molar-refractivity contribution in [1.82, 2.24) is 9.47 Å². The van der Waals surface area contributed by atoms with Gasteiger partial charge in [0.05, 0.1) is 12.1 Å². The minimum Gasteiger partial charge on any atom is -0.503 e. The summed E-state index contributed by atoms with van der Waals surface area (Å²) < 4.78 is 1.78. The van der Waals surface area contributed by atoms with Crippen LogP contribution in [0, 0.1) is 6.92 Å². The molecule has 118 valence electrons. The highest BCUT2D eigenvalue weighted by atomic mass is 16.4. The van der Waals surface area contributed by atoms with Gasteiger partial charge in [-0.25, -0.2) is 0 Å². The van der Waals surface area contributed by atoms with Crippen LogP contribution in [0.4, 0.5) is 0 Å². The van der Waals surface area contributed by atoms with E-state index in [0.29, 0.717) is 30.9 Å². The maximum Gasteiger partial charge on any atom is 0.304 e. The van der Waals surface area contributed by atoms with Crippen molar-refractivity contribution in [2.45, 2.75) is 32.9 Å². The van der Waals surface area contributed by atoms with Gasteiger partial charge in [0.25, 0.3) is 0 Å². The number of hydrogen-bond acceptors (Lipinski definition) is 5. The molecule has 0 fully saturated rings. The van der Waals surface area contributed by atoms with Crippen molar-refractivity contribution in [3.05, 3.63) is 27.7 Å². The fourth-order valence-electron chi connectivity index (χ4n) is 2.14. The molecule has 0 bridgehead atoms. The van der Waals surface area contributed by atoms with E-state index in [4.69, 9.17) is 10.2 Å². The van der Waals surface area contributed by atoms with Crippen LogP contribution in [0.15, 0.2) is 10.9 Å². The van der Waals surface area contributed by atoms with Crippen molar-refractivity contribution in [3.63, 3.8) is 0 Å². The Morgan fingerprint density at radius 3 is 2.67 bits per heavy atom. The number of hydrogen-bond donors (Lipinski definition) is 3. The summed E-state index contributed by atoms with van der Waals surface area (Å²) in [5.41, 5.74) is 0.698. The number of carboxylic acids is 1. The minimum absolute atomic E-state index is 0.00997. The third-order valence-corrected chi connectivity index (χ3v) is 3.27. The van der Waals surface area contributed by atoms with E-state index in [2.05, 4.69) is 0 Å².